The highest BCUT2D eigenvalue weighted by Gasteiger charge is 2.50. The Bertz CT molecular complexity index is 167. The van der Waals surface area contributed by atoms with E-state index in [9.17, 15) is 0 Å². The number of rotatable bonds is 5. The molecule has 1 aliphatic rings. The summed E-state index contributed by atoms with van der Waals surface area (Å²) in [7, 11) is 0. The summed E-state index contributed by atoms with van der Waals surface area (Å²) in [6, 6.07) is 0. The summed E-state index contributed by atoms with van der Waals surface area (Å²) in [5, 5.41) is 0. The van der Waals surface area contributed by atoms with Crippen LogP contribution in [0.4, 0.5) is 0 Å². The van der Waals surface area contributed by atoms with Crippen molar-refractivity contribution in [1.29, 1.82) is 0 Å². The molecule has 0 N–H and O–H groups in total. The van der Waals surface area contributed by atoms with Crippen LogP contribution < -0.4 is 0 Å². The first-order valence-electron chi connectivity index (χ1n) is 5.71. The van der Waals surface area contributed by atoms with Gasteiger partial charge in [0.2, 0.25) is 0 Å². The second kappa shape index (κ2) is 4.00. The van der Waals surface area contributed by atoms with E-state index in [-0.39, 0.29) is 5.60 Å². The average molecular weight is 184 g/mol. The van der Waals surface area contributed by atoms with Gasteiger partial charge >= 0.3 is 0 Å². The summed E-state index contributed by atoms with van der Waals surface area (Å²) in [6.07, 6.45) is 4.24. The van der Waals surface area contributed by atoms with Crippen molar-refractivity contribution in [3.63, 3.8) is 0 Å². The molecule has 78 valence electrons. The van der Waals surface area contributed by atoms with Crippen LogP contribution in [-0.2, 0) is 4.74 Å². The first kappa shape index (κ1) is 11.0. The Morgan fingerprint density at radius 3 is 2.23 bits per heavy atom. The van der Waals surface area contributed by atoms with Crippen molar-refractivity contribution in [1.82, 2.24) is 0 Å². The van der Waals surface area contributed by atoms with E-state index in [1.54, 1.807) is 0 Å². The van der Waals surface area contributed by atoms with Gasteiger partial charge < -0.3 is 4.74 Å². The van der Waals surface area contributed by atoms with Crippen LogP contribution in [0.15, 0.2) is 0 Å². The van der Waals surface area contributed by atoms with Crippen LogP contribution >= 0.6 is 0 Å². The number of epoxide rings is 1. The van der Waals surface area contributed by atoms with Crippen LogP contribution in [-0.4, -0.2) is 11.7 Å². The van der Waals surface area contributed by atoms with Crippen LogP contribution in [0.3, 0.4) is 0 Å². The molecule has 0 aromatic heterocycles. The molecule has 0 aromatic rings. The van der Waals surface area contributed by atoms with Crippen molar-refractivity contribution < 1.29 is 4.74 Å². The van der Waals surface area contributed by atoms with Crippen molar-refractivity contribution in [3.8, 4) is 0 Å². The van der Waals surface area contributed by atoms with Crippen molar-refractivity contribution in [2.45, 2.75) is 65.6 Å². The summed E-state index contributed by atoms with van der Waals surface area (Å²) in [4.78, 5) is 0. The highest BCUT2D eigenvalue weighted by molar-refractivity contribution is 4.98. The van der Waals surface area contributed by atoms with Gasteiger partial charge in [-0.05, 0) is 31.6 Å². The van der Waals surface area contributed by atoms with Crippen molar-refractivity contribution >= 4 is 0 Å². The van der Waals surface area contributed by atoms with E-state index in [1.807, 2.05) is 0 Å². The molecule has 0 saturated carbocycles. The largest absolute Gasteiger partial charge is 0.366 e. The van der Waals surface area contributed by atoms with Crippen LogP contribution in [0, 0.1) is 11.8 Å². The highest BCUT2D eigenvalue weighted by Crippen LogP contribution is 2.43. The predicted molar refractivity (Wildman–Crippen MR) is 56.8 cm³/mol. The van der Waals surface area contributed by atoms with Crippen molar-refractivity contribution in [2.75, 3.05) is 0 Å². The molecule has 1 saturated heterocycles. The lowest BCUT2D eigenvalue weighted by Crippen LogP contribution is -2.14. The average Bonchev–Trinajstić information content (AvgIpc) is 2.76. The van der Waals surface area contributed by atoms with Gasteiger partial charge in [0, 0.05) is 0 Å². The van der Waals surface area contributed by atoms with Gasteiger partial charge in [0.25, 0.3) is 0 Å². The van der Waals surface area contributed by atoms with E-state index in [4.69, 9.17) is 4.74 Å². The summed E-state index contributed by atoms with van der Waals surface area (Å²) in [5.74, 6) is 1.65. The van der Waals surface area contributed by atoms with Crippen molar-refractivity contribution in [3.05, 3.63) is 0 Å². The van der Waals surface area contributed by atoms with E-state index in [1.165, 1.54) is 12.8 Å². The minimum atomic E-state index is 0.224. The van der Waals surface area contributed by atoms with Crippen LogP contribution in [0.25, 0.3) is 0 Å². The zero-order chi connectivity index (χ0) is 10.1. The summed E-state index contributed by atoms with van der Waals surface area (Å²) >= 11 is 0. The Morgan fingerprint density at radius 2 is 1.85 bits per heavy atom. The lowest BCUT2D eigenvalue weighted by atomic mass is 9.87. The zero-order valence-electron chi connectivity index (χ0n) is 9.76. The molecule has 0 amide bonds. The van der Waals surface area contributed by atoms with Crippen LogP contribution in [0.5, 0.6) is 0 Å². The lowest BCUT2D eigenvalue weighted by molar-refractivity contribution is 0.275. The molecule has 1 heterocycles. The van der Waals surface area contributed by atoms with Gasteiger partial charge in [0.05, 0.1) is 11.7 Å². The second-order valence-corrected chi connectivity index (χ2v) is 4.87. The first-order chi connectivity index (χ1) is 6.03. The maximum atomic E-state index is 5.72. The van der Waals surface area contributed by atoms with Gasteiger partial charge in [-0.2, -0.15) is 0 Å². The molecule has 0 radical (unpaired) electrons. The molecule has 1 heteroatoms. The fourth-order valence-corrected chi connectivity index (χ4v) is 1.87. The Hall–Kier alpha value is -0.0400. The topological polar surface area (TPSA) is 12.5 Å². The molecule has 0 spiro atoms. The van der Waals surface area contributed by atoms with Crippen LogP contribution in [0.2, 0.25) is 0 Å². The molecule has 1 aliphatic heterocycles. The third kappa shape index (κ3) is 2.46. The van der Waals surface area contributed by atoms with Gasteiger partial charge in [-0.3, -0.25) is 0 Å². The molecule has 0 aliphatic carbocycles. The van der Waals surface area contributed by atoms with E-state index in [0.29, 0.717) is 6.10 Å². The lowest BCUT2D eigenvalue weighted by Gasteiger charge is -2.17. The second-order valence-electron chi connectivity index (χ2n) is 4.87. The molecular weight excluding hydrogens is 160 g/mol. The summed E-state index contributed by atoms with van der Waals surface area (Å²) < 4.78 is 5.72. The van der Waals surface area contributed by atoms with E-state index >= 15 is 0 Å². The van der Waals surface area contributed by atoms with Gasteiger partial charge in [0.1, 0.15) is 0 Å². The predicted octanol–water partition coefficient (Wildman–Crippen LogP) is 3.63. The molecule has 0 aromatic carbocycles. The molecule has 4 unspecified atom stereocenters. The minimum absolute atomic E-state index is 0.224. The van der Waals surface area contributed by atoms with Gasteiger partial charge in [-0.1, -0.05) is 34.1 Å². The smallest absolute Gasteiger partial charge is 0.0918 e. The standard InChI is InChI=1S/C12H24O/c1-6-9(3)10(4)8-11-12(5,7-2)13-11/h9-11H,6-8H2,1-5H3. The third-order valence-electron chi connectivity index (χ3n) is 3.94. The quantitative estimate of drug-likeness (QED) is 0.594. The van der Waals surface area contributed by atoms with E-state index < -0.39 is 0 Å². The third-order valence-corrected chi connectivity index (χ3v) is 3.94. The molecule has 13 heavy (non-hydrogen) atoms. The number of hydrogen-bond donors (Lipinski definition) is 0. The molecule has 1 nitrogen and oxygen atoms in total. The fraction of sp³-hybridized carbons (Fsp3) is 1.00. The monoisotopic (exact) mass is 184 g/mol. The maximum absolute atomic E-state index is 5.72. The molecule has 1 rings (SSSR count). The Kier molecular flexibility index (Phi) is 3.39. The van der Waals surface area contributed by atoms with Crippen molar-refractivity contribution in [2.24, 2.45) is 11.8 Å². The molecule has 4 atom stereocenters. The Labute approximate surface area is 82.9 Å². The minimum Gasteiger partial charge on any atom is -0.366 e. The SMILES string of the molecule is CCC(C)C(C)CC1OC1(C)CC. The number of hydrogen-bond acceptors (Lipinski definition) is 1. The highest BCUT2D eigenvalue weighted by atomic mass is 16.6. The first-order valence-corrected chi connectivity index (χ1v) is 5.71. The zero-order valence-corrected chi connectivity index (χ0v) is 9.76. The van der Waals surface area contributed by atoms with Gasteiger partial charge in [-0.15, -0.1) is 0 Å². The number of ether oxygens (including phenoxy) is 1. The summed E-state index contributed by atoms with van der Waals surface area (Å²) in [5.41, 5.74) is 0.224. The summed E-state index contributed by atoms with van der Waals surface area (Å²) in [6.45, 7) is 11.4. The van der Waals surface area contributed by atoms with E-state index in [0.717, 1.165) is 18.3 Å². The van der Waals surface area contributed by atoms with Gasteiger partial charge in [0.15, 0.2) is 0 Å². The van der Waals surface area contributed by atoms with Gasteiger partial charge in [-0.25, -0.2) is 0 Å². The molecule has 1 fully saturated rings. The normalized spacial score (nSPS) is 37.2. The Balaban J connectivity index is 2.27. The molecular formula is C12H24O. The molecule has 0 bridgehead atoms. The maximum Gasteiger partial charge on any atom is 0.0918 e. The van der Waals surface area contributed by atoms with E-state index in [2.05, 4.69) is 34.6 Å². The Morgan fingerprint density at radius 1 is 1.23 bits per heavy atom. The van der Waals surface area contributed by atoms with Crippen LogP contribution in [0.1, 0.15) is 53.9 Å². The fourth-order valence-electron chi connectivity index (χ4n) is 1.87.